The Morgan fingerprint density at radius 3 is 2.60 bits per heavy atom. The van der Waals surface area contributed by atoms with E-state index < -0.39 is 29.5 Å². The lowest BCUT2D eigenvalue weighted by Crippen LogP contribution is -2.08. The number of cyclic esters (lactones) is 2. The summed E-state index contributed by atoms with van der Waals surface area (Å²) in [7, 11) is 0. The van der Waals surface area contributed by atoms with E-state index in [0.29, 0.717) is 0 Å². The molecule has 2 rings (SSSR count). The monoisotopic (exact) mass is 212 g/mol. The highest BCUT2D eigenvalue weighted by molar-refractivity contribution is 5.97. The van der Waals surface area contributed by atoms with E-state index in [1.54, 1.807) is 0 Å². The number of ether oxygens (including phenoxy) is 1. The molecule has 1 saturated heterocycles. The highest BCUT2D eigenvalue weighted by Gasteiger charge is 2.36. The van der Waals surface area contributed by atoms with E-state index in [4.69, 9.17) is 0 Å². The van der Waals surface area contributed by atoms with E-state index in [1.165, 1.54) is 12.1 Å². The van der Waals surface area contributed by atoms with Crippen LogP contribution in [0.4, 0.5) is 8.78 Å². The lowest BCUT2D eigenvalue weighted by molar-refractivity contribution is -0.152. The Morgan fingerprint density at radius 1 is 1.27 bits per heavy atom. The van der Waals surface area contributed by atoms with Crippen LogP contribution in [-0.2, 0) is 14.3 Å². The Kier molecular flexibility index (Phi) is 2.22. The fourth-order valence-corrected chi connectivity index (χ4v) is 1.50. The van der Waals surface area contributed by atoms with Crippen molar-refractivity contribution in [1.82, 2.24) is 0 Å². The molecule has 0 radical (unpaired) electrons. The van der Waals surface area contributed by atoms with E-state index in [1.807, 2.05) is 0 Å². The second-order valence-electron chi connectivity index (χ2n) is 3.19. The maximum atomic E-state index is 13.3. The summed E-state index contributed by atoms with van der Waals surface area (Å²) in [5, 5.41) is 0. The van der Waals surface area contributed by atoms with Crippen molar-refractivity contribution in [3.8, 4) is 0 Å². The lowest BCUT2D eigenvalue weighted by Gasteiger charge is -2.06. The van der Waals surface area contributed by atoms with Crippen molar-refractivity contribution in [2.45, 2.75) is 12.3 Å². The van der Waals surface area contributed by atoms with Gasteiger partial charge >= 0.3 is 11.9 Å². The smallest absolute Gasteiger partial charge is 0.321 e. The van der Waals surface area contributed by atoms with Gasteiger partial charge in [-0.05, 0) is 6.07 Å². The zero-order chi connectivity index (χ0) is 11.0. The van der Waals surface area contributed by atoms with Gasteiger partial charge < -0.3 is 4.74 Å². The number of halogens is 2. The number of hydrogen-bond donors (Lipinski definition) is 0. The maximum absolute atomic E-state index is 13.3. The molecule has 0 aromatic heterocycles. The second kappa shape index (κ2) is 3.42. The van der Waals surface area contributed by atoms with Crippen LogP contribution >= 0.6 is 0 Å². The Balaban J connectivity index is 2.42. The predicted molar refractivity (Wildman–Crippen MR) is 44.8 cm³/mol. The third-order valence-corrected chi connectivity index (χ3v) is 2.23. The molecular weight excluding hydrogens is 206 g/mol. The van der Waals surface area contributed by atoms with Crippen LogP contribution in [-0.4, -0.2) is 11.9 Å². The van der Waals surface area contributed by atoms with E-state index in [2.05, 4.69) is 4.74 Å². The average Bonchev–Trinajstić information content (AvgIpc) is 2.50. The third kappa shape index (κ3) is 1.60. The van der Waals surface area contributed by atoms with Gasteiger partial charge in [0.05, 0.1) is 12.3 Å². The molecule has 0 aliphatic carbocycles. The number of hydrogen-bond acceptors (Lipinski definition) is 3. The molecule has 1 fully saturated rings. The molecule has 1 aliphatic heterocycles. The molecule has 78 valence electrons. The Hall–Kier alpha value is -1.78. The first kappa shape index (κ1) is 9.76. The summed E-state index contributed by atoms with van der Waals surface area (Å²) in [5.41, 5.74) is -0.133. The van der Waals surface area contributed by atoms with Gasteiger partial charge in [-0.2, -0.15) is 0 Å². The first-order valence-corrected chi connectivity index (χ1v) is 4.28. The fourth-order valence-electron chi connectivity index (χ4n) is 1.50. The van der Waals surface area contributed by atoms with Crippen LogP contribution in [0.5, 0.6) is 0 Å². The van der Waals surface area contributed by atoms with Crippen molar-refractivity contribution in [1.29, 1.82) is 0 Å². The molecular formula is C10H6F2O3. The van der Waals surface area contributed by atoms with E-state index in [-0.39, 0.29) is 12.0 Å². The molecule has 0 N–H and O–H groups in total. The molecule has 0 bridgehead atoms. The minimum atomic E-state index is -1.10. The van der Waals surface area contributed by atoms with Gasteiger partial charge in [0.25, 0.3) is 0 Å². The average molecular weight is 212 g/mol. The van der Waals surface area contributed by atoms with Crippen LogP contribution < -0.4 is 0 Å². The van der Waals surface area contributed by atoms with Gasteiger partial charge in [0, 0.05) is 5.56 Å². The van der Waals surface area contributed by atoms with Crippen molar-refractivity contribution < 1.29 is 23.1 Å². The van der Waals surface area contributed by atoms with Crippen LogP contribution in [0.25, 0.3) is 0 Å². The number of rotatable bonds is 1. The highest BCUT2D eigenvalue weighted by atomic mass is 19.2. The summed E-state index contributed by atoms with van der Waals surface area (Å²) in [6.45, 7) is 0. The first-order valence-electron chi connectivity index (χ1n) is 4.28. The summed E-state index contributed by atoms with van der Waals surface area (Å²) in [5.74, 6) is -4.71. The quantitative estimate of drug-likeness (QED) is 0.523. The van der Waals surface area contributed by atoms with E-state index in [0.717, 1.165) is 6.07 Å². The summed E-state index contributed by atoms with van der Waals surface area (Å²) in [4.78, 5) is 21.9. The summed E-state index contributed by atoms with van der Waals surface area (Å²) in [6, 6.07) is 3.49. The highest BCUT2D eigenvalue weighted by Crippen LogP contribution is 2.29. The van der Waals surface area contributed by atoms with Gasteiger partial charge in [-0.3, -0.25) is 9.59 Å². The first-order chi connectivity index (χ1) is 7.09. The number of benzene rings is 1. The Morgan fingerprint density at radius 2 is 2.00 bits per heavy atom. The molecule has 1 aliphatic rings. The molecule has 1 unspecified atom stereocenters. The van der Waals surface area contributed by atoms with Crippen LogP contribution in [0.3, 0.4) is 0 Å². The van der Waals surface area contributed by atoms with Gasteiger partial charge in [0.1, 0.15) is 0 Å². The molecule has 0 spiro atoms. The van der Waals surface area contributed by atoms with Crippen molar-refractivity contribution in [2.24, 2.45) is 0 Å². The molecule has 1 heterocycles. The van der Waals surface area contributed by atoms with Crippen LogP contribution in [0, 0.1) is 11.6 Å². The minimum Gasteiger partial charge on any atom is -0.393 e. The summed E-state index contributed by atoms with van der Waals surface area (Å²) >= 11 is 0. The maximum Gasteiger partial charge on any atom is 0.321 e. The molecule has 0 amide bonds. The number of carbonyl (C=O) groups excluding carboxylic acids is 2. The molecule has 1 aromatic rings. The van der Waals surface area contributed by atoms with Crippen LogP contribution in [0.1, 0.15) is 17.9 Å². The summed E-state index contributed by atoms with van der Waals surface area (Å²) < 4.78 is 30.4. The van der Waals surface area contributed by atoms with Crippen molar-refractivity contribution in [2.75, 3.05) is 0 Å². The fraction of sp³-hybridized carbons (Fsp3) is 0.200. The SMILES string of the molecule is O=C1CC(c2cccc(F)c2F)C(=O)O1. The normalized spacial score (nSPS) is 20.5. The molecule has 1 atom stereocenters. The molecule has 3 nitrogen and oxygen atoms in total. The standard InChI is InChI=1S/C10H6F2O3/c11-7-3-1-2-5(9(7)12)6-4-8(13)15-10(6)14/h1-3,6H,4H2. The van der Waals surface area contributed by atoms with Gasteiger partial charge in [0.2, 0.25) is 0 Å². The number of carbonyl (C=O) groups is 2. The summed E-state index contributed by atoms with van der Waals surface area (Å²) in [6.07, 6.45) is -0.237. The molecule has 5 heteroatoms. The Bertz CT molecular complexity index is 442. The predicted octanol–water partition coefficient (Wildman–Crippen LogP) is 1.52. The van der Waals surface area contributed by atoms with E-state index >= 15 is 0 Å². The van der Waals surface area contributed by atoms with Gasteiger partial charge in [-0.15, -0.1) is 0 Å². The van der Waals surface area contributed by atoms with Crippen molar-refractivity contribution in [3.63, 3.8) is 0 Å². The largest absolute Gasteiger partial charge is 0.393 e. The van der Waals surface area contributed by atoms with Crippen molar-refractivity contribution in [3.05, 3.63) is 35.4 Å². The molecule has 1 aromatic carbocycles. The van der Waals surface area contributed by atoms with Crippen molar-refractivity contribution >= 4 is 11.9 Å². The zero-order valence-electron chi connectivity index (χ0n) is 7.50. The van der Waals surface area contributed by atoms with Crippen LogP contribution in [0.2, 0.25) is 0 Å². The van der Waals surface area contributed by atoms with Gasteiger partial charge in [0.15, 0.2) is 11.6 Å². The second-order valence-corrected chi connectivity index (χ2v) is 3.19. The molecule has 0 saturated carbocycles. The van der Waals surface area contributed by atoms with Gasteiger partial charge in [-0.1, -0.05) is 12.1 Å². The topological polar surface area (TPSA) is 43.4 Å². The van der Waals surface area contributed by atoms with Gasteiger partial charge in [-0.25, -0.2) is 8.78 Å². The minimum absolute atomic E-state index is 0.133. The zero-order valence-corrected chi connectivity index (χ0v) is 7.50. The number of esters is 2. The lowest BCUT2D eigenvalue weighted by atomic mass is 9.97. The van der Waals surface area contributed by atoms with E-state index in [9.17, 15) is 18.4 Å². The Labute approximate surface area is 83.7 Å². The third-order valence-electron chi connectivity index (χ3n) is 2.23. The van der Waals surface area contributed by atoms with Crippen LogP contribution in [0.15, 0.2) is 18.2 Å². The molecule has 15 heavy (non-hydrogen) atoms.